The van der Waals surface area contributed by atoms with E-state index >= 15 is 0 Å². The van der Waals surface area contributed by atoms with Gasteiger partial charge in [-0.25, -0.2) is 14.6 Å². The molecule has 0 bridgehead atoms. The average Bonchev–Trinajstić information content (AvgIpc) is 3.15. The highest BCUT2D eigenvalue weighted by molar-refractivity contribution is 6.34. The minimum Gasteiger partial charge on any atom is -0.497 e. The lowest BCUT2D eigenvalue weighted by atomic mass is 10.2. The zero-order valence-corrected chi connectivity index (χ0v) is 17.1. The van der Waals surface area contributed by atoms with Crippen molar-refractivity contribution in [3.8, 4) is 11.5 Å². The lowest BCUT2D eigenvalue weighted by Gasteiger charge is -2.05. The lowest BCUT2D eigenvalue weighted by molar-refractivity contribution is -0.129. The van der Waals surface area contributed by atoms with Gasteiger partial charge in [-0.2, -0.15) is 0 Å². The third-order valence-corrected chi connectivity index (χ3v) is 4.77. The van der Waals surface area contributed by atoms with Gasteiger partial charge in [0.2, 0.25) is 5.90 Å². The number of aliphatic imine (C=N–C) groups is 1. The fraction of sp³-hybridized carbons (Fsp3) is 0.0417. The number of ether oxygens (including phenoxy) is 3. The first-order chi connectivity index (χ1) is 15.0. The van der Waals surface area contributed by atoms with Crippen LogP contribution in [0.2, 0.25) is 5.02 Å². The van der Waals surface area contributed by atoms with Crippen LogP contribution in [-0.2, 0) is 9.53 Å². The Hall–Kier alpha value is -3.90. The van der Waals surface area contributed by atoms with E-state index in [4.69, 9.17) is 25.8 Å². The minimum atomic E-state index is -0.565. The van der Waals surface area contributed by atoms with Crippen molar-refractivity contribution in [2.75, 3.05) is 7.11 Å². The molecular formula is C24H16ClNO5. The first-order valence-corrected chi connectivity index (χ1v) is 9.65. The van der Waals surface area contributed by atoms with Crippen LogP contribution in [0.4, 0.5) is 0 Å². The Morgan fingerprint density at radius 1 is 0.968 bits per heavy atom. The number of esters is 2. The van der Waals surface area contributed by atoms with Crippen molar-refractivity contribution >= 4 is 35.5 Å². The summed E-state index contributed by atoms with van der Waals surface area (Å²) >= 11 is 6.14. The summed E-state index contributed by atoms with van der Waals surface area (Å²) in [5, 5.41) is 0.443. The third-order valence-electron chi connectivity index (χ3n) is 4.44. The number of carbonyl (C=O) groups excluding carboxylic acids is 2. The van der Waals surface area contributed by atoms with Crippen molar-refractivity contribution in [2.45, 2.75) is 0 Å². The highest BCUT2D eigenvalue weighted by Gasteiger charge is 2.25. The molecule has 0 unspecified atom stereocenters. The quantitative estimate of drug-likeness (QED) is 0.324. The van der Waals surface area contributed by atoms with Gasteiger partial charge < -0.3 is 14.2 Å². The van der Waals surface area contributed by atoms with Crippen LogP contribution in [0.25, 0.3) is 6.08 Å². The van der Waals surface area contributed by atoms with Gasteiger partial charge in [-0.05, 0) is 60.2 Å². The van der Waals surface area contributed by atoms with Gasteiger partial charge in [0.15, 0.2) is 5.70 Å². The van der Waals surface area contributed by atoms with E-state index in [0.29, 0.717) is 33.2 Å². The summed E-state index contributed by atoms with van der Waals surface area (Å²) in [6.07, 6.45) is 1.58. The number of nitrogens with zero attached hydrogens (tertiary/aromatic N) is 1. The van der Waals surface area contributed by atoms with Gasteiger partial charge in [-0.15, -0.1) is 0 Å². The maximum Gasteiger partial charge on any atom is 0.363 e. The molecule has 154 valence electrons. The molecule has 1 heterocycles. The Morgan fingerprint density at radius 2 is 1.65 bits per heavy atom. The topological polar surface area (TPSA) is 74.2 Å². The molecule has 3 aromatic carbocycles. The van der Waals surface area contributed by atoms with Crippen LogP contribution in [-0.4, -0.2) is 24.9 Å². The number of halogens is 1. The maximum atomic E-state index is 12.3. The Balaban J connectivity index is 1.47. The van der Waals surface area contributed by atoms with E-state index in [-0.39, 0.29) is 11.6 Å². The summed E-state index contributed by atoms with van der Waals surface area (Å²) < 4.78 is 15.7. The van der Waals surface area contributed by atoms with Crippen LogP contribution in [0.3, 0.4) is 0 Å². The third kappa shape index (κ3) is 4.65. The van der Waals surface area contributed by atoms with Gasteiger partial charge in [0, 0.05) is 0 Å². The zero-order chi connectivity index (χ0) is 21.8. The van der Waals surface area contributed by atoms with Crippen molar-refractivity contribution in [3.63, 3.8) is 0 Å². The minimum absolute atomic E-state index is 0.151. The molecule has 0 aromatic heterocycles. The van der Waals surface area contributed by atoms with Gasteiger partial charge >= 0.3 is 11.9 Å². The van der Waals surface area contributed by atoms with Crippen LogP contribution >= 0.6 is 11.6 Å². The fourth-order valence-corrected chi connectivity index (χ4v) is 3.06. The number of cyclic esters (lactones) is 1. The number of carbonyl (C=O) groups is 2. The molecule has 0 radical (unpaired) electrons. The number of methoxy groups -OCH3 is 1. The van der Waals surface area contributed by atoms with E-state index in [0.717, 1.165) is 0 Å². The Bertz CT molecular complexity index is 1200. The van der Waals surface area contributed by atoms with Crippen LogP contribution < -0.4 is 9.47 Å². The Kier molecular flexibility index (Phi) is 5.82. The number of hydrogen-bond donors (Lipinski definition) is 0. The molecule has 0 atom stereocenters. The molecule has 7 heteroatoms. The van der Waals surface area contributed by atoms with E-state index in [1.54, 1.807) is 86.0 Å². The second kappa shape index (κ2) is 8.85. The van der Waals surface area contributed by atoms with E-state index in [1.165, 1.54) is 0 Å². The summed E-state index contributed by atoms with van der Waals surface area (Å²) in [7, 11) is 1.55. The highest BCUT2D eigenvalue weighted by Crippen LogP contribution is 2.24. The SMILES string of the molecule is COc1ccc(C(=O)Oc2ccc(/C=C3\N=C(c4ccccc4Cl)OC3=O)cc2)cc1. The van der Waals surface area contributed by atoms with Crippen molar-refractivity contribution in [3.05, 3.63) is 100 Å². The summed E-state index contributed by atoms with van der Waals surface area (Å²) in [5.41, 5.74) is 1.79. The molecule has 1 aliphatic heterocycles. The molecule has 0 saturated heterocycles. The molecule has 4 rings (SSSR count). The molecule has 31 heavy (non-hydrogen) atoms. The van der Waals surface area contributed by atoms with E-state index < -0.39 is 11.9 Å². The van der Waals surface area contributed by atoms with Crippen LogP contribution in [0.15, 0.2) is 83.5 Å². The molecule has 0 saturated carbocycles. The van der Waals surface area contributed by atoms with Crippen molar-refractivity contribution < 1.29 is 23.8 Å². The number of rotatable bonds is 5. The van der Waals surface area contributed by atoms with Crippen molar-refractivity contribution in [1.29, 1.82) is 0 Å². The van der Waals surface area contributed by atoms with Gasteiger partial charge in [0.1, 0.15) is 11.5 Å². The first kappa shape index (κ1) is 20.4. The standard InChI is InChI=1S/C24H16ClNO5/c1-29-17-12-8-16(9-13-17)23(27)30-18-10-6-15(7-11-18)14-21-24(28)31-22(26-21)19-4-2-3-5-20(19)25/h2-14H,1H3/b21-14-. The molecule has 0 amide bonds. The second-order valence-electron chi connectivity index (χ2n) is 6.50. The smallest absolute Gasteiger partial charge is 0.363 e. The molecule has 0 N–H and O–H groups in total. The normalized spacial score (nSPS) is 14.2. The highest BCUT2D eigenvalue weighted by atomic mass is 35.5. The lowest BCUT2D eigenvalue weighted by Crippen LogP contribution is -2.08. The van der Waals surface area contributed by atoms with Gasteiger partial charge in [-0.3, -0.25) is 0 Å². The molecular weight excluding hydrogens is 418 g/mol. The second-order valence-corrected chi connectivity index (χ2v) is 6.91. The van der Waals surface area contributed by atoms with Gasteiger partial charge in [-0.1, -0.05) is 35.9 Å². The summed E-state index contributed by atoms with van der Waals surface area (Å²) in [5.74, 6) is 0.135. The molecule has 3 aromatic rings. The van der Waals surface area contributed by atoms with Gasteiger partial charge in [0.25, 0.3) is 0 Å². The summed E-state index contributed by atoms with van der Waals surface area (Å²) in [4.78, 5) is 28.7. The molecule has 6 nitrogen and oxygen atoms in total. The first-order valence-electron chi connectivity index (χ1n) is 9.27. The fourth-order valence-electron chi connectivity index (χ4n) is 2.84. The Labute approximate surface area is 183 Å². The van der Waals surface area contributed by atoms with Crippen molar-refractivity contribution in [2.24, 2.45) is 4.99 Å². The van der Waals surface area contributed by atoms with E-state index in [1.807, 2.05) is 0 Å². The predicted octanol–water partition coefficient (Wildman–Crippen LogP) is 4.91. The zero-order valence-electron chi connectivity index (χ0n) is 16.4. The summed E-state index contributed by atoms with van der Waals surface area (Å²) in [6, 6.07) is 20.3. The number of benzene rings is 3. The molecule has 0 fully saturated rings. The predicted molar refractivity (Wildman–Crippen MR) is 116 cm³/mol. The average molecular weight is 434 g/mol. The number of hydrogen-bond acceptors (Lipinski definition) is 6. The van der Waals surface area contributed by atoms with Crippen LogP contribution in [0.5, 0.6) is 11.5 Å². The maximum absolute atomic E-state index is 12.3. The summed E-state index contributed by atoms with van der Waals surface area (Å²) in [6.45, 7) is 0. The van der Waals surface area contributed by atoms with Gasteiger partial charge in [0.05, 0.1) is 23.3 Å². The van der Waals surface area contributed by atoms with Crippen LogP contribution in [0, 0.1) is 0 Å². The van der Waals surface area contributed by atoms with Crippen molar-refractivity contribution in [1.82, 2.24) is 0 Å². The van der Waals surface area contributed by atoms with E-state index in [9.17, 15) is 9.59 Å². The monoisotopic (exact) mass is 433 g/mol. The Morgan fingerprint density at radius 3 is 2.32 bits per heavy atom. The molecule has 1 aliphatic rings. The largest absolute Gasteiger partial charge is 0.497 e. The van der Waals surface area contributed by atoms with Crippen LogP contribution in [0.1, 0.15) is 21.5 Å². The van der Waals surface area contributed by atoms with E-state index in [2.05, 4.69) is 4.99 Å². The molecule has 0 spiro atoms. The molecule has 0 aliphatic carbocycles.